The van der Waals surface area contributed by atoms with Crippen LogP contribution in [0.3, 0.4) is 0 Å². The molecule has 3 rings (SSSR count). The molecule has 1 heterocycles. The molecule has 0 aliphatic heterocycles. The summed E-state index contributed by atoms with van der Waals surface area (Å²) in [4.78, 5) is 24.0. The lowest BCUT2D eigenvalue weighted by Crippen LogP contribution is -2.14. The van der Waals surface area contributed by atoms with Crippen LogP contribution in [-0.4, -0.2) is 28.1 Å². The van der Waals surface area contributed by atoms with Crippen LogP contribution in [0.1, 0.15) is 34.8 Å². The molecule has 1 aromatic heterocycles. The first-order valence-electron chi connectivity index (χ1n) is 9.02. The van der Waals surface area contributed by atoms with Crippen LogP contribution in [0.5, 0.6) is 0 Å². The van der Waals surface area contributed by atoms with E-state index in [1.54, 1.807) is 23.0 Å². The average molecular weight is 362 g/mol. The average Bonchev–Trinajstić information content (AvgIpc) is 3.20. The first kappa shape index (κ1) is 18.6. The van der Waals surface area contributed by atoms with E-state index in [-0.39, 0.29) is 24.8 Å². The van der Waals surface area contributed by atoms with Gasteiger partial charge in [-0.25, -0.2) is 4.68 Å². The van der Waals surface area contributed by atoms with Gasteiger partial charge in [-0.05, 0) is 36.1 Å². The fourth-order valence-electron chi connectivity index (χ4n) is 2.69. The number of carbonyl (C=O) groups is 2. The smallest absolute Gasteiger partial charge is 0.306 e. The Hall–Kier alpha value is -3.21. The first-order valence-corrected chi connectivity index (χ1v) is 9.02. The third-order valence-electron chi connectivity index (χ3n) is 4.32. The summed E-state index contributed by atoms with van der Waals surface area (Å²) in [5.41, 5.74) is 3.63. The van der Waals surface area contributed by atoms with Crippen molar-refractivity contribution in [3.05, 3.63) is 83.7 Å². The van der Waals surface area contributed by atoms with Crippen LogP contribution in [0.15, 0.2) is 67.0 Å². The van der Waals surface area contributed by atoms with Gasteiger partial charge in [0.1, 0.15) is 0 Å². The normalized spacial score (nSPS) is 10.6. The van der Waals surface area contributed by atoms with Crippen LogP contribution >= 0.6 is 0 Å². The van der Waals surface area contributed by atoms with Crippen molar-refractivity contribution in [1.82, 2.24) is 9.78 Å². The van der Waals surface area contributed by atoms with Crippen molar-refractivity contribution in [3.8, 4) is 5.69 Å². The van der Waals surface area contributed by atoms with Crippen LogP contribution in [-0.2, 0) is 22.4 Å². The molecule has 0 unspecified atom stereocenters. The van der Waals surface area contributed by atoms with Crippen LogP contribution in [0, 0.1) is 0 Å². The Balaban J connectivity index is 1.45. The second kappa shape index (κ2) is 8.94. The molecule has 0 atom stereocenters. The summed E-state index contributed by atoms with van der Waals surface area (Å²) in [6, 6.07) is 17.1. The highest BCUT2D eigenvalue weighted by atomic mass is 16.5. The van der Waals surface area contributed by atoms with Crippen molar-refractivity contribution in [2.24, 2.45) is 0 Å². The molecule has 3 aromatic rings. The van der Waals surface area contributed by atoms with Crippen LogP contribution in [0.25, 0.3) is 5.69 Å². The van der Waals surface area contributed by atoms with Crippen LogP contribution in [0.4, 0.5) is 0 Å². The second-order valence-corrected chi connectivity index (χ2v) is 6.26. The highest BCUT2D eigenvalue weighted by Crippen LogP contribution is 2.10. The van der Waals surface area contributed by atoms with E-state index in [9.17, 15) is 9.59 Å². The molecule has 0 aliphatic carbocycles. The number of aryl methyl sites for hydroxylation is 2. The van der Waals surface area contributed by atoms with Crippen molar-refractivity contribution in [2.75, 3.05) is 6.61 Å². The molecule has 0 saturated heterocycles. The standard InChI is InChI=1S/C22H22N2O3/c1-2-17-8-11-19(12-9-17)21(25)16-27-22(26)13-10-18-14-23-24(15-18)20-6-4-3-5-7-20/h3-9,11-12,14-15H,2,10,13,16H2,1H3. The molecule has 0 radical (unpaired) electrons. The lowest BCUT2D eigenvalue weighted by molar-refractivity contribution is -0.142. The van der Waals surface area contributed by atoms with Gasteiger partial charge < -0.3 is 4.74 Å². The van der Waals surface area contributed by atoms with Crippen LogP contribution in [0.2, 0.25) is 0 Å². The van der Waals surface area contributed by atoms with Gasteiger partial charge in [0.2, 0.25) is 0 Å². The molecule has 5 heteroatoms. The summed E-state index contributed by atoms with van der Waals surface area (Å²) in [5, 5.41) is 4.30. The summed E-state index contributed by atoms with van der Waals surface area (Å²) >= 11 is 0. The van der Waals surface area contributed by atoms with E-state index in [2.05, 4.69) is 12.0 Å². The van der Waals surface area contributed by atoms with E-state index < -0.39 is 0 Å². The summed E-state index contributed by atoms with van der Waals surface area (Å²) in [6.45, 7) is 1.83. The maximum atomic E-state index is 12.1. The Morgan fingerprint density at radius 3 is 2.44 bits per heavy atom. The number of nitrogens with zero attached hydrogens (tertiary/aromatic N) is 2. The molecule has 0 spiro atoms. The highest BCUT2D eigenvalue weighted by Gasteiger charge is 2.11. The molecule has 0 bridgehead atoms. The molecule has 0 aliphatic rings. The molecular weight excluding hydrogens is 340 g/mol. The van der Waals surface area contributed by atoms with Gasteiger partial charge in [0.05, 0.1) is 11.9 Å². The number of Topliss-reactive ketones (excluding diaryl/α,β-unsaturated/α-hetero) is 1. The van der Waals surface area contributed by atoms with E-state index >= 15 is 0 Å². The van der Waals surface area contributed by atoms with Gasteiger partial charge in [0.25, 0.3) is 0 Å². The van der Waals surface area contributed by atoms with Gasteiger partial charge in [0.15, 0.2) is 12.4 Å². The number of benzene rings is 2. The maximum absolute atomic E-state index is 12.1. The number of para-hydroxylation sites is 1. The fourth-order valence-corrected chi connectivity index (χ4v) is 2.69. The van der Waals surface area contributed by atoms with Gasteiger partial charge in [-0.15, -0.1) is 0 Å². The Morgan fingerprint density at radius 1 is 1.00 bits per heavy atom. The summed E-state index contributed by atoms with van der Waals surface area (Å²) in [5.74, 6) is -0.580. The largest absolute Gasteiger partial charge is 0.457 e. The van der Waals surface area contributed by atoms with Crippen molar-refractivity contribution < 1.29 is 14.3 Å². The van der Waals surface area contributed by atoms with E-state index in [1.165, 1.54) is 5.56 Å². The van der Waals surface area contributed by atoms with Gasteiger partial charge in [-0.3, -0.25) is 9.59 Å². The number of esters is 1. The number of ether oxygens (including phenoxy) is 1. The van der Waals surface area contributed by atoms with E-state index in [0.717, 1.165) is 17.7 Å². The van der Waals surface area contributed by atoms with Crippen molar-refractivity contribution in [3.63, 3.8) is 0 Å². The summed E-state index contributed by atoms with van der Waals surface area (Å²) in [6.07, 6.45) is 5.28. The first-order chi connectivity index (χ1) is 13.2. The molecule has 138 valence electrons. The van der Waals surface area contributed by atoms with Gasteiger partial charge >= 0.3 is 5.97 Å². The minimum absolute atomic E-state index is 0.192. The van der Waals surface area contributed by atoms with Gasteiger partial charge in [0, 0.05) is 18.2 Å². The Morgan fingerprint density at radius 2 is 1.74 bits per heavy atom. The van der Waals surface area contributed by atoms with Crippen LogP contribution < -0.4 is 0 Å². The summed E-state index contributed by atoms with van der Waals surface area (Å²) in [7, 11) is 0. The summed E-state index contributed by atoms with van der Waals surface area (Å²) < 4.78 is 6.88. The minimum Gasteiger partial charge on any atom is -0.457 e. The third-order valence-corrected chi connectivity index (χ3v) is 4.32. The maximum Gasteiger partial charge on any atom is 0.306 e. The van der Waals surface area contributed by atoms with Crippen molar-refractivity contribution >= 4 is 11.8 Å². The minimum atomic E-state index is -0.388. The topological polar surface area (TPSA) is 61.2 Å². The van der Waals surface area contributed by atoms with E-state index in [1.807, 2.05) is 48.7 Å². The Kier molecular flexibility index (Phi) is 6.15. The molecule has 27 heavy (non-hydrogen) atoms. The lowest BCUT2D eigenvalue weighted by atomic mass is 10.1. The molecule has 2 aromatic carbocycles. The van der Waals surface area contributed by atoms with Gasteiger partial charge in [-0.2, -0.15) is 5.10 Å². The molecule has 0 fully saturated rings. The predicted octanol–water partition coefficient (Wildman–Crippen LogP) is 3.79. The van der Waals surface area contributed by atoms with Crippen molar-refractivity contribution in [1.29, 1.82) is 0 Å². The zero-order valence-corrected chi connectivity index (χ0v) is 15.3. The number of hydrogen-bond acceptors (Lipinski definition) is 4. The number of rotatable bonds is 8. The number of ketones is 1. The monoisotopic (exact) mass is 362 g/mol. The van der Waals surface area contributed by atoms with Crippen molar-refractivity contribution in [2.45, 2.75) is 26.2 Å². The molecule has 0 saturated carbocycles. The molecule has 5 nitrogen and oxygen atoms in total. The number of aromatic nitrogens is 2. The SMILES string of the molecule is CCc1ccc(C(=O)COC(=O)CCc2cnn(-c3ccccc3)c2)cc1. The lowest BCUT2D eigenvalue weighted by Gasteiger charge is -2.05. The Bertz CT molecular complexity index is 899. The molecular formula is C22H22N2O3. The Labute approximate surface area is 158 Å². The number of hydrogen-bond donors (Lipinski definition) is 0. The highest BCUT2D eigenvalue weighted by molar-refractivity contribution is 5.97. The third kappa shape index (κ3) is 5.14. The molecule has 0 N–H and O–H groups in total. The van der Waals surface area contributed by atoms with Gasteiger partial charge in [-0.1, -0.05) is 49.4 Å². The fraction of sp³-hybridized carbons (Fsp3) is 0.227. The predicted molar refractivity (Wildman–Crippen MR) is 103 cm³/mol. The number of carbonyl (C=O) groups excluding carboxylic acids is 2. The second-order valence-electron chi connectivity index (χ2n) is 6.26. The zero-order chi connectivity index (χ0) is 19.1. The quantitative estimate of drug-likeness (QED) is 0.452. The van der Waals surface area contributed by atoms with E-state index in [4.69, 9.17) is 4.74 Å². The molecule has 0 amide bonds. The zero-order valence-electron chi connectivity index (χ0n) is 15.3. The van der Waals surface area contributed by atoms with E-state index in [0.29, 0.717) is 12.0 Å².